The summed E-state index contributed by atoms with van der Waals surface area (Å²) >= 11 is 1.46. The van der Waals surface area contributed by atoms with Gasteiger partial charge in [-0.05, 0) is 56.0 Å². The normalized spacial score (nSPS) is 18.0. The average molecular weight is 357 g/mol. The van der Waals surface area contributed by atoms with Gasteiger partial charge < -0.3 is 4.90 Å². The zero-order valence-corrected chi connectivity index (χ0v) is 15.1. The van der Waals surface area contributed by atoms with Gasteiger partial charge in [0, 0.05) is 18.5 Å². The van der Waals surface area contributed by atoms with Crippen LogP contribution in [0.5, 0.6) is 0 Å². The van der Waals surface area contributed by atoms with Crippen LogP contribution >= 0.6 is 11.3 Å². The molecule has 3 heterocycles. The lowest BCUT2D eigenvalue weighted by atomic mass is 10.0. The van der Waals surface area contributed by atoms with Crippen LogP contribution in [0.15, 0.2) is 30.3 Å². The molecule has 3 aromatic rings. The number of benzene rings is 1. The largest absolute Gasteiger partial charge is 0.338 e. The van der Waals surface area contributed by atoms with E-state index in [4.69, 9.17) is 0 Å². The van der Waals surface area contributed by atoms with Crippen LogP contribution in [-0.2, 0) is 0 Å². The highest BCUT2D eigenvalue weighted by atomic mass is 32.1. The number of fused-ring (bicyclic) bond motifs is 1. The minimum atomic E-state index is -0.273. The Morgan fingerprint density at radius 1 is 1.32 bits per heavy atom. The Morgan fingerprint density at radius 3 is 2.80 bits per heavy atom. The molecule has 4 rings (SSSR count). The summed E-state index contributed by atoms with van der Waals surface area (Å²) < 4.78 is 15.0. The fraction of sp³-hybridized carbons (Fsp3) is 0.368. The standard InChI is InChI=1S/C19H20FN3OS/c1-12-4-3-9-22(11-12)18(24)17-10-16-13(2)21-23(19(16)25-17)15-7-5-14(20)6-8-15/h5-8,10,12H,3-4,9,11H2,1-2H3/t12-/m1/s1. The van der Waals surface area contributed by atoms with Gasteiger partial charge in [0.05, 0.1) is 16.3 Å². The minimum Gasteiger partial charge on any atom is -0.338 e. The molecule has 1 atom stereocenters. The Labute approximate surface area is 149 Å². The second-order valence-corrected chi connectivity index (χ2v) is 7.83. The van der Waals surface area contributed by atoms with Crippen molar-refractivity contribution in [3.63, 3.8) is 0 Å². The van der Waals surface area contributed by atoms with Gasteiger partial charge in [0.2, 0.25) is 0 Å². The van der Waals surface area contributed by atoms with Crippen LogP contribution in [0.4, 0.5) is 4.39 Å². The van der Waals surface area contributed by atoms with Crippen molar-refractivity contribution < 1.29 is 9.18 Å². The maximum absolute atomic E-state index is 13.2. The van der Waals surface area contributed by atoms with Crippen molar-refractivity contribution in [2.75, 3.05) is 13.1 Å². The number of carbonyl (C=O) groups is 1. The molecule has 1 aromatic carbocycles. The van der Waals surface area contributed by atoms with Crippen molar-refractivity contribution in [1.82, 2.24) is 14.7 Å². The Kier molecular flexibility index (Phi) is 4.07. The molecule has 0 unspecified atom stereocenters. The van der Waals surface area contributed by atoms with E-state index in [-0.39, 0.29) is 11.7 Å². The molecule has 130 valence electrons. The van der Waals surface area contributed by atoms with Crippen LogP contribution in [0.25, 0.3) is 15.9 Å². The van der Waals surface area contributed by atoms with Gasteiger partial charge >= 0.3 is 0 Å². The van der Waals surface area contributed by atoms with Gasteiger partial charge in [-0.25, -0.2) is 9.07 Å². The second kappa shape index (κ2) is 6.26. The Morgan fingerprint density at radius 2 is 2.08 bits per heavy atom. The van der Waals surface area contributed by atoms with E-state index in [1.54, 1.807) is 16.8 Å². The number of hydrogen-bond donors (Lipinski definition) is 0. The Bertz CT molecular complexity index is 928. The molecule has 0 bridgehead atoms. The van der Waals surface area contributed by atoms with Gasteiger partial charge in [0.25, 0.3) is 5.91 Å². The number of halogens is 1. The summed E-state index contributed by atoms with van der Waals surface area (Å²) in [5, 5.41) is 5.54. The van der Waals surface area contributed by atoms with Gasteiger partial charge in [-0.15, -0.1) is 11.3 Å². The van der Waals surface area contributed by atoms with E-state index >= 15 is 0 Å². The maximum Gasteiger partial charge on any atom is 0.264 e. The van der Waals surface area contributed by atoms with Gasteiger partial charge in [0.1, 0.15) is 10.6 Å². The van der Waals surface area contributed by atoms with Gasteiger partial charge in [-0.1, -0.05) is 6.92 Å². The SMILES string of the molecule is Cc1nn(-c2ccc(F)cc2)c2sc(C(=O)N3CCC[C@@H](C)C3)cc12. The molecule has 2 aromatic heterocycles. The number of piperidine rings is 1. The maximum atomic E-state index is 13.2. The molecule has 25 heavy (non-hydrogen) atoms. The van der Waals surface area contributed by atoms with E-state index in [1.807, 2.05) is 17.9 Å². The summed E-state index contributed by atoms with van der Waals surface area (Å²) in [4.78, 5) is 16.5. The third kappa shape index (κ3) is 2.95. The van der Waals surface area contributed by atoms with Gasteiger partial charge in [-0.3, -0.25) is 4.79 Å². The third-order valence-corrected chi connectivity index (χ3v) is 5.87. The highest BCUT2D eigenvalue weighted by Gasteiger charge is 2.25. The summed E-state index contributed by atoms with van der Waals surface area (Å²) in [7, 11) is 0. The number of aryl methyl sites for hydroxylation is 1. The van der Waals surface area contributed by atoms with Crippen molar-refractivity contribution in [3.8, 4) is 5.69 Å². The average Bonchev–Trinajstić information content (AvgIpc) is 3.16. The molecule has 4 nitrogen and oxygen atoms in total. The number of nitrogens with zero attached hydrogens (tertiary/aromatic N) is 3. The van der Waals surface area contributed by atoms with Gasteiger partial charge in [0.15, 0.2) is 0 Å². The zero-order valence-electron chi connectivity index (χ0n) is 14.3. The molecule has 1 amide bonds. The van der Waals surface area contributed by atoms with Crippen molar-refractivity contribution in [2.24, 2.45) is 5.92 Å². The molecule has 0 saturated carbocycles. The van der Waals surface area contributed by atoms with E-state index in [0.29, 0.717) is 5.92 Å². The smallest absolute Gasteiger partial charge is 0.264 e. The summed E-state index contributed by atoms with van der Waals surface area (Å²) in [6.45, 7) is 5.80. The van der Waals surface area contributed by atoms with E-state index in [1.165, 1.54) is 29.9 Å². The topological polar surface area (TPSA) is 38.1 Å². The Hall–Kier alpha value is -2.21. The first kappa shape index (κ1) is 16.3. The van der Waals surface area contributed by atoms with Crippen LogP contribution in [-0.4, -0.2) is 33.7 Å². The first-order chi connectivity index (χ1) is 12.0. The molecule has 0 aliphatic carbocycles. The summed E-state index contributed by atoms with van der Waals surface area (Å²) in [6, 6.07) is 8.20. The first-order valence-electron chi connectivity index (χ1n) is 8.57. The quantitative estimate of drug-likeness (QED) is 0.681. The van der Waals surface area contributed by atoms with Crippen LogP contribution in [0.1, 0.15) is 35.1 Å². The molecule has 1 fully saturated rings. The summed E-state index contributed by atoms with van der Waals surface area (Å²) in [6.07, 6.45) is 2.26. The lowest BCUT2D eigenvalue weighted by Crippen LogP contribution is -2.38. The highest BCUT2D eigenvalue weighted by molar-refractivity contribution is 7.20. The molecule has 0 radical (unpaired) electrons. The molecule has 1 aliphatic rings. The number of rotatable bonds is 2. The number of likely N-dealkylation sites (tertiary alicyclic amines) is 1. The van der Waals surface area contributed by atoms with Gasteiger partial charge in [-0.2, -0.15) is 5.10 Å². The highest BCUT2D eigenvalue weighted by Crippen LogP contribution is 2.32. The number of hydrogen-bond acceptors (Lipinski definition) is 3. The van der Waals surface area contributed by atoms with Crippen LogP contribution in [0.3, 0.4) is 0 Å². The fourth-order valence-corrected chi connectivity index (χ4v) is 4.59. The number of thiophene rings is 1. The molecule has 1 aliphatic heterocycles. The van der Waals surface area contributed by atoms with Crippen molar-refractivity contribution in [3.05, 3.63) is 46.7 Å². The van der Waals surface area contributed by atoms with E-state index in [2.05, 4.69) is 12.0 Å². The molecular formula is C19H20FN3OS. The van der Waals surface area contributed by atoms with E-state index in [9.17, 15) is 9.18 Å². The predicted octanol–water partition coefficient (Wildman–Crippen LogP) is 4.41. The predicted molar refractivity (Wildman–Crippen MR) is 97.9 cm³/mol. The first-order valence-corrected chi connectivity index (χ1v) is 9.39. The molecule has 6 heteroatoms. The summed E-state index contributed by atoms with van der Waals surface area (Å²) in [5.74, 6) is 0.395. The number of amides is 1. The van der Waals surface area contributed by atoms with Crippen molar-refractivity contribution in [1.29, 1.82) is 0 Å². The Balaban J connectivity index is 1.72. The molecule has 1 saturated heterocycles. The van der Waals surface area contributed by atoms with Crippen LogP contribution in [0.2, 0.25) is 0 Å². The zero-order chi connectivity index (χ0) is 17.6. The van der Waals surface area contributed by atoms with Crippen molar-refractivity contribution >= 4 is 27.5 Å². The lowest BCUT2D eigenvalue weighted by molar-refractivity contribution is 0.0688. The van der Waals surface area contributed by atoms with E-state index in [0.717, 1.165) is 46.0 Å². The monoisotopic (exact) mass is 357 g/mol. The van der Waals surface area contributed by atoms with Crippen molar-refractivity contribution in [2.45, 2.75) is 26.7 Å². The molecular weight excluding hydrogens is 337 g/mol. The summed E-state index contributed by atoms with van der Waals surface area (Å²) in [5.41, 5.74) is 1.67. The van der Waals surface area contributed by atoms with E-state index < -0.39 is 0 Å². The third-order valence-electron chi connectivity index (χ3n) is 4.77. The molecule has 0 spiro atoms. The number of aromatic nitrogens is 2. The fourth-order valence-electron chi connectivity index (χ4n) is 3.44. The van der Waals surface area contributed by atoms with Crippen LogP contribution < -0.4 is 0 Å². The number of carbonyl (C=O) groups excluding carboxylic acids is 1. The van der Waals surface area contributed by atoms with Crippen LogP contribution in [0, 0.1) is 18.7 Å². The molecule has 0 N–H and O–H groups in total. The lowest BCUT2D eigenvalue weighted by Gasteiger charge is -2.30. The minimum absolute atomic E-state index is 0.109. The second-order valence-electron chi connectivity index (χ2n) is 6.80.